The van der Waals surface area contributed by atoms with E-state index in [2.05, 4.69) is 15.5 Å². The maximum absolute atomic E-state index is 10.9. The summed E-state index contributed by atoms with van der Waals surface area (Å²) in [5, 5.41) is 20.8. The standard InChI is InChI=1S/C13H13N5O/c1-8(6-12(15)19)16-13-9-4-2-3-5-10(9)17-18-11(13)7-14/h2-5,8H,6H2,1H3,(H2,15,19)(H,16,17). The highest BCUT2D eigenvalue weighted by Crippen LogP contribution is 2.24. The first-order chi connectivity index (χ1) is 9.11. The highest BCUT2D eigenvalue weighted by Gasteiger charge is 2.13. The van der Waals surface area contributed by atoms with E-state index in [9.17, 15) is 4.79 Å². The molecule has 1 atom stereocenters. The number of rotatable bonds is 4. The van der Waals surface area contributed by atoms with Gasteiger partial charge < -0.3 is 11.1 Å². The van der Waals surface area contributed by atoms with Crippen LogP contribution in [0, 0.1) is 11.3 Å². The van der Waals surface area contributed by atoms with Gasteiger partial charge in [-0.1, -0.05) is 18.2 Å². The summed E-state index contributed by atoms with van der Waals surface area (Å²) in [5.41, 5.74) is 6.64. The van der Waals surface area contributed by atoms with Crippen molar-refractivity contribution in [3.63, 3.8) is 0 Å². The number of carbonyl (C=O) groups excluding carboxylic acids is 1. The smallest absolute Gasteiger partial charge is 0.219 e. The molecule has 6 nitrogen and oxygen atoms in total. The number of benzene rings is 1. The lowest BCUT2D eigenvalue weighted by Crippen LogP contribution is -2.24. The van der Waals surface area contributed by atoms with Gasteiger partial charge in [0.15, 0.2) is 5.69 Å². The highest BCUT2D eigenvalue weighted by molar-refractivity contribution is 5.93. The Bertz CT molecular complexity index is 662. The van der Waals surface area contributed by atoms with E-state index >= 15 is 0 Å². The molecule has 1 amide bonds. The van der Waals surface area contributed by atoms with E-state index in [1.54, 1.807) is 0 Å². The number of carbonyl (C=O) groups is 1. The van der Waals surface area contributed by atoms with Crippen molar-refractivity contribution in [1.29, 1.82) is 5.26 Å². The number of amides is 1. The summed E-state index contributed by atoms with van der Waals surface area (Å²) in [4.78, 5) is 10.9. The van der Waals surface area contributed by atoms with Crippen molar-refractivity contribution < 1.29 is 4.79 Å². The fourth-order valence-electron chi connectivity index (χ4n) is 1.88. The normalized spacial score (nSPS) is 11.8. The van der Waals surface area contributed by atoms with E-state index in [1.165, 1.54) is 0 Å². The van der Waals surface area contributed by atoms with Crippen molar-refractivity contribution >= 4 is 22.5 Å². The van der Waals surface area contributed by atoms with Crippen LogP contribution in [0.25, 0.3) is 10.9 Å². The van der Waals surface area contributed by atoms with Crippen LogP contribution in [0.15, 0.2) is 24.3 Å². The van der Waals surface area contributed by atoms with Crippen LogP contribution in [0.3, 0.4) is 0 Å². The van der Waals surface area contributed by atoms with Crippen LogP contribution in [-0.2, 0) is 4.79 Å². The number of nitrogens with two attached hydrogens (primary N) is 1. The van der Waals surface area contributed by atoms with E-state index in [-0.39, 0.29) is 18.2 Å². The van der Waals surface area contributed by atoms with Gasteiger partial charge in [-0.2, -0.15) is 5.26 Å². The molecular formula is C13H13N5O. The van der Waals surface area contributed by atoms with Crippen molar-refractivity contribution in [2.45, 2.75) is 19.4 Å². The van der Waals surface area contributed by atoms with Gasteiger partial charge in [-0.25, -0.2) is 0 Å². The minimum Gasteiger partial charge on any atom is -0.379 e. The molecule has 3 N–H and O–H groups in total. The molecule has 0 aliphatic heterocycles. The van der Waals surface area contributed by atoms with E-state index < -0.39 is 5.91 Å². The predicted molar refractivity (Wildman–Crippen MR) is 71.1 cm³/mol. The van der Waals surface area contributed by atoms with Crippen LogP contribution < -0.4 is 11.1 Å². The van der Waals surface area contributed by atoms with Crippen LogP contribution >= 0.6 is 0 Å². The van der Waals surface area contributed by atoms with Gasteiger partial charge in [0.25, 0.3) is 0 Å². The molecule has 1 unspecified atom stereocenters. The number of hydrogen-bond acceptors (Lipinski definition) is 5. The molecule has 2 rings (SSSR count). The Morgan fingerprint density at radius 3 is 2.89 bits per heavy atom. The minimum absolute atomic E-state index is 0.182. The number of nitrogens with one attached hydrogen (secondary N) is 1. The first-order valence-electron chi connectivity index (χ1n) is 5.82. The molecule has 0 aliphatic rings. The first-order valence-corrected chi connectivity index (χ1v) is 5.82. The van der Waals surface area contributed by atoms with Gasteiger partial charge in [-0.15, -0.1) is 10.2 Å². The van der Waals surface area contributed by atoms with E-state index in [0.29, 0.717) is 11.2 Å². The molecule has 2 aromatic rings. The summed E-state index contributed by atoms with van der Waals surface area (Å²) in [5.74, 6) is -0.398. The Labute approximate surface area is 110 Å². The van der Waals surface area contributed by atoms with Gasteiger partial charge in [-0.05, 0) is 13.0 Å². The summed E-state index contributed by atoms with van der Waals surface area (Å²) in [7, 11) is 0. The average molecular weight is 255 g/mol. The molecule has 0 aliphatic carbocycles. The van der Waals surface area contributed by atoms with Crippen LogP contribution in [0.2, 0.25) is 0 Å². The number of nitriles is 1. The molecule has 0 radical (unpaired) electrons. The Kier molecular flexibility index (Phi) is 3.57. The third-order valence-electron chi connectivity index (χ3n) is 2.67. The Morgan fingerprint density at radius 2 is 2.21 bits per heavy atom. The Balaban J connectivity index is 2.45. The van der Waals surface area contributed by atoms with Gasteiger partial charge in [0.2, 0.25) is 5.91 Å². The molecule has 0 saturated carbocycles. The second-order valence-corrected chi connectivity index (χ2v) is 4.27. The van der Waals surface area contributed by atoms with Crippen molar-refractivity contribution in [3.05, 3.63) is 30.0 Å². The van der Waals surface area contributed by atoms with Crippen molar-refractivity contribution in [1.82, 2.24) is 10.2 Å². The highest BCUT2D eigenvalue weighted by atomic mass is 16.1. The number of nitrogens with zero attached hydrogens (tertiary/aromatic N) is 3. The third-order valence-corrected chi connectivity index (χ3v) is 2.67. The van der Waals surface area contributed by atoms with Crippen molar-refractivity contribution in [2.75, 3.05) is 5.32 Å². The Hall–Kier alpha value is -2.68. The van der Waals surface area contributed by atoms with Crippen LogP contribution in [0.4, 0.5) is 5.69 Å². The zero-order valence-electron chi connectivity index (χ0n) is 10.4. The van der Waals surface area contributed by atoms with Gasteiger partial charge >= 0.3 is 0 Å². The summed E-state index contributed by atoms with van der Waals surface area (Å²) in [6, 6.07) is 9.18. The quantitative estimate of drug-likeness (QED) is 0.853. The molecular weight excluding hydrogens is 242 g/mol. The molecule has 0 spiro atoms. The summed E-state index contributed by atoms with van der Waals surface area (Å²) in [6.45, 7) is 1.82. The second-order valence-electron chi connectivity index (χ2n) is 4.27. The molecule has 6 heteroatoms. The third kappa shape index (κ3) is 2.77. The number of hydrogen-bond donors (Lipinski definition) is 2. The molecule has 1 aromatic heterocycles. The predicted octanol–water partition coefficient (Wildman–Crippen LogP) is 1.18. The molecule has 0 fully saturated rings. The molecule has 19 heavy (non-hydrogen) atoms. The minimum atomic E-state index is -0.398. The lowest BCUT2D eigenvalue weighted by Gasteiger charge is -2.15. The van der Waals surface area contributed by atoms with Gasteiger partial charge in [0.1, 0.15) is 6.07 Å². The van der Waals surface area contributed by atoms with Crippen LogP contribution in [-0.4, -0.2) is 22.1 Å². The summed E-state index contributed by atoms with van der Waals surface area (Å²) in [6.07, 6.45) is 0.182. The van der Waals surface area contributed by atoms with Gasteiger partial charge in [0, 0.05) is 17.8 Å². The molecule has 0 bridgehead atoms. The lowest BCUT2D eigenvalue weighted by atomic mass is 10.1. The van der Waals surface area contributed by atoms with Crippen LogP contribution in [0.1, 0.15) is 19.0 Å². The van der Waals surface area contributed by atoms with Crippen molar-refractivity contribution in [2.24, 2.45) is 5.73 Å². The monoisotopic (exact) mass is 255 g/mol. The lowest BCUT2D eigenvalue weighted by molar-refractivity contribution is -0.118. The van der Waals surface area contributed by atoms with Crippen LogP contribution in [0.5, 0.6) is 0 Å². The molecule has 0 saturated heterocycles. The number of aromatic nitrogens is 2. The van der Waals surface area contributed by atoms with Gasteiger partial charge in [-0.3, -0.25) is 4.79 Å². The zero-order chi connectivity index (χ0) is 13.8. The topological polar surface area (TPSA) is 105 Å². The number of primary amides is 1. The van der Waals surface area contributed by atoms with Crippen molar-refractivity contribution in [3.8, 4) is 6.07 Å². The average Bonchev–Trinajstić information content (AvgIpc) is 2.38. The fourth-order valence-corrected chi connectivity index (χ4v) is 1.88. The SMILES string of the molecule is CC(CC(N)=O)Nc1c(C#N)nnc2ccccc12. The van der Waals surface area contributed by atoms with E-state index in [1.807, 2.05) is 37.3 Å². The second kappa shape index (κ2) is 5.31. The Morgan fingerprint density at radius 1 is 1.47 bits per heavy atom. The zero-order valence-corrected chi connectivity index (χ0v) is 10.4. The first kappa shape index (κ1) is 12.8. The fraction of sp³-hybridized carbons (Fsp3) is 0.231. The number of fused-ring (bicyclic) bond motifs is 1. The summed E-state index contributed by atoms with van der Waals surface area (Å²) < 4.78 is 0. The maximum atomic E-state index is 10.9. The maximum Gasteiger partial charge on any atom is 0.219 e. The van der Waals surface area contributed by atoms with E-state index in [4.69, 9.17) is 11.0 Å². The molecule has 1 heterocycles. The number of anilines is 1. The molecule has 1 aromatic carbocycles. The molecule has 96 valence electrons. The van der Waals surface area contributed by atoms with Gasteiger partial charge in [0.05, 0.1) is 11.2 Å². The largest absolute Gasteiger partial charge is 0.379 e. The summed E-state index contributed by atoms with van der Waals surface area (Å²) >= 11 is 0. The van der Waals surface area contributed by atoms with E-state index in [0.717, 1.165) is 5.39 Å².